The van der Waals surface area contributed by atoms with Gasteiger partial charge in [0.15, 0.2) is 6.61 Å². The fraction of sp³-hybridized carbons (Fsp3) is 0.278. The predicted molar refractivity (Wildman–Crippen MR) is 87.8 cm³/mol. The number of hydrogen-bond acceptors (Lipinski definition) is 6. The van der Waals surface area contributed by atoms with Crippen molar-refractivity contribution in [3.05, 3.63) is 57.5 Å². The lowest BCUT2D eigenvalue weighted by atomic mass is 9.87. The van der Waals surface area contributed by atoms with E-state index in [0.29, 0.717) is 17.0 Å². The number of methoxy groups -OCH3 is 1. The van der Waals surface area contributed by atoms with Gasteiger partial charge >= 0.3 is 11.9 Å². The lowest BCUT2D eigenvalue weighted by Crippen LogP contribution is -2.28. The van der Waals surface area contributed by atoms with Gasteiger partial charge in [-0.3, -0.25) is 9.59 Å². The largest absolute Gasteiger partial charge is 0.482 e. The summed E-state index contributed by atoms with van der Waals surface area (Å²) in [7, 11) is 1.28. The number of nitrogens with one attached hydrogen (secondary N) is 1. The van der Waals surface area contributed by atoms with Gasteiger partial charge in [-0.05, 0) is 24.6 Å². The Hall–Kier alpha value is -3.09. The number of fused-ring (bicyclic) bond motifs is 1. The molecule has 0 aliphatic carbocycles. The third kappa shape index (κ3) is 3.55. The molecule has 3 rings (SSSR count). The molecular weight excluding hydrogens is 326 g/mol. The van der Waals surface area contributed by atoms with Crippen LogP contribution in [0.2, 0.25) is 0 Å². The number of carbonyl (C=O) groups excluding carboxylic acids is 2. The van der Waals surface area contributed by atoms with Gasteiger partial charge in [0, 0.05) is 17.7 Å². The molecule has 25 heavy (non-hydrogen) atoms. The molecule has 0 radical (unpaired) electrons. The summed E-state index contributed by atoms with van der Waals surface area (Å²) in [6.07, 6.45) is 0.0552. The summed E-state index contributed by atoms with van der Waals surface area (Å²) in [6.45, 7) is 1.50. The molecule has 130 valence electrons. The van der Waals surface area contributed by atoms with E-state index in [9.17, 15) is 14.4 Å². The summed E-state index contributed by atoms with van der Waals surface area (Å²) in [5, 5.41) is 0. The highest BCUT2D eigenvalue weighted by atomic mass is 16.6. The van der Waals surface area contributed by atoms with Crippen molar-refractivity contribution >= 4 is 11.9 Å². The Bertz CT molecular complexity index is 885. The Morgan fingerprint density at radius 3 is 2.88 bits per heavy atom. The van der Waals surface area contributed by atoms with Crippen LogP contribution in [0, 0.1) is 6.92 Å². The van der Waals surface area contributed by atoms with E-state index in [4.69, 9.17) is 9.47 Å². The first kappa shape index (κ1) is 16.8. The first-order valence-electron chi connectivity index (χ1n) is 7.72. The number of pyridine rings is 1. The van der Waals surface area contributed by atoms with E-state index < -0.39 is 17.9 Å². The molecule has 0 fully saturated rings. The van der Waals surface area contributed by atoms with Crippen LogP contribution < -0.4 is 15.0 Å². The van der Waals surface area contributed by atoms with Crippen molar-refractivity contribution in [2.45, 2.75) is 19.3 Å². The van der Waals surface area contributed by atoms with Gasteiger partial charge in [0.2, 0.25) is 0 Å². The van der Waals surface area contributed by atoms with E-state index in [0.717, 1.165) is 5.56 Å². The minimum atomic E-state index is -0.496. The molecule has 0 bridgehead atoms. The molecule has 2 heterocycles. The zero-order valence-electron chi connectivity index (χ0n) is 13.8. The second kappa shape index (κ2) is 6.80. The van der Waals surface area contributed by atoms with Crippen LogP contribution in [0.1, 0.15) is 29.2 Å². The van der Waals surface area contributed by atoms with E-state index in [-0.39, 0.29) is 24.3 Å². The maximum Gasteiger partial charge on any atom is 0.343 e. The summed E-state index contributed by atoms with van der Waals surface area (Å²) in [4.78, 5) is 38.3. The third-order valence-corrected chi connectivity index (χ3v) is 3.96. The molecule has 7 heteroatoms. The third-order valence-electron chi connectivity index (χ3n) is 3.96. The zero-order chi connectivity index (χ0) is 18.0. The Labute approximate surface area is 143 Å². The molecular formula is C18H17NO6. The van der Waals surface area contributed by atoms with E-state index >= 15 is 0 Å². The van der Waals surface area contributed by atoms with Crippen molar-refractivity contribution in [1.29, 1.82) is 0 Å². The van der Waals surface area contributed by atoms with Crippen LogP contribution in [0.3, 0.4) is 0 Å². The van der Waals surface area contributed by atoms with Crippen molar-refractivity contribution < 1.29 is 23.8 Å². The maximum absolute atomic E-state index is 12.4. The highest BCUT2D eigenvalue weighted by Gasteiger charge is 2.31. The number of ether oxygens (including phenoxy) is 3. The number of aromatic amines is 1. The first-order chi connectivity index (χ1) is 12.0. The van der Waals surface area contributed by atoms with Crippen molar-refractivity contribution in [1.82, 2.24) is 4.98 Å². The van der Waals surface area contributed by atoms with Gasteiger partial charge in [-0.25, -0.2) is 4.79 Å². The molecule has 1 aliphatic heterocycles. The normalized spacial score (nSPS) is 15.9. The minimum absolute atomic E-state index is 0.0552. The second-order valence-electron chi connectivity index (χ2n) is 5.73. The monoisotopic (exact) mass is 343 g/mol. The molecule has 0 spiro atoms. The zero-order valence-corrected chi connectivity index (χ0v) is 13.8. The van der Waals surface area contributed by atoms with Crippen LogP contribution in [-0.4, -0.2) is 30.6 Å². The minimum Gasteiger partial charge on any atom is -0.482 e. The average Bonchev–Trinajstić information content (AvgIpc) is 2.58. The number of H-pyrrole nitrogens is 1. The summed E-state index contributed by atoms with van der Waals surface area (Å²) < 4.78 is 15.1. The van der Waals surface area contributed by atoms with Crippen LogP contribution in [0.4, 0.5) is 0 Å². The number of carbonyl (C=O) groups is 2. The van der Waals surface area contributed by atoms with Gasteiger partial charge in [0.1, 0.15) is 11.5 Å². The quantitative estimate of drug-likeness (QED) is 0.849. The van der Waals surface area contributed by atoms with E-state index in [1.54, 1.807) is 37.3 Å². The highest BCUT2D eigenvalue weighted by Crippen LogP contribution is 2.37. The van der Waals surface area contributed by atoms with Crippen LogP contribution in [0.25, 0.3) is 0 Å². The SMILES string of the molecule is COC(=O)COc1cccc([C@H]2CC(=O)Oc3cc(C)[nH]c(=O)c32)c1. The van der Waals surface area contributed by atoms with Gasteiger partial charge in [0.25, 0.3) is 5.56 Å². The van der Waals surface area contributed by atoms with Crippen molar-refractivity contribution in [3.63, 3.8) is 0 Å². The molecule has 0 unspecified atom stereocenters. The van der Waals surface area contributed by atoms with Crippen LogP contribution in [0.5, 0.6) is 11.5 Å². The summed E-state index contributed by atoms with van der Waals surface area (Å²) in [5.41, 5.74) is 1.48. The number of aromatic nitrogens is 1. The lowest BCUT2D eigenvalue weighted by Gasteiger charge is -2.24. The fourth-order valence-electron chi connectivity index (χ4n) is 2.82. The standard InChI is InChI=1S/C18H17NO6/c1-10-6-14-17(18(22)19-10)13(8-15(20)25-14)11-4-3-5-12(7-11)24-9-16(21)23-2/h3-7,13H,8-9H2,1-2H3,(H,19,22)/t13-/m1/s1. The molecule has 1 aliphatic rings. The van der Waals surface area contributed by atoms with Crippen LogP contribution >= 0.6 is 0 Å². The van der Waals surface area contributed by atoms with Crippen molar-refractivity contribution in [2.75, 3.05) is 13.7 Å². The van der Waals surface area contributed by atoms with Crippen molar-refractivity contribution in [3.8, 4) is 11.5 Å². The number of aryl methyl sites for hydroxylation is 1. The summed E-state index contributed by atoms with van der Waals surface area (Å²) >= 11 is 0. The molecule has 1 aromatic heterocycles. The first-order valence-corrected chi connectivity index (χ1v) is 7.72. The van der Waals surface area contributed by atoms with E-state index in [1.165, 1.54) is 7.11 Å². The molecule has 0 saturated carbocycles. The Morgan fingerprint density at radius 2 is 2.12 bits per heavy atom. The van der Waals surface area contributed by atoms with Gasteiger partial charge in [-0.1, -0.05) is 12.1 Å². The summed E-state index contributed by atoms with van der Waals surface area (Å²) in [5.74, 6) is -0.607. The molecule has 0 amide bonds. The van der Waals surface area contributed by atoms with Gasteiger partial charge < -0.3 is 19.2 Å². The molecule has 2 aromatic rings. The second-order valence-corrected chi connectivity index (χ2v) is 5.73. The van der Waals surface area contributed by atoms with Gasteiger partial charge in [-0.15, -0.1) is 0 Å². The molecule has 7 nitrogen and oxygen atoms in total. The Kier molecular flexibility index (Phi) is 4.56. The van der Waals surface area contributed by atoms with Gasteiger partial charge in [-0.2, -0.15) is 0 Å². The van der Waals surface area contributed by atoms with Crippen LogP contribution in [-0.2, 0) is 14.3 Å². The summed E-state index contributed by atoms with van der Waals surface area (Å²) in [6, 6.07) is 8.57. The molecule has 1 aromatic carbocycles. The molecule has 1 atom stereocenters. The Balaban J connectivity index is 1.96. The lowest BCUT2D eigenvalue weighted by molar-refractivity contribution is -0.143. The number of rotatable bonds is 4. The number of benzene rings is 1. The van der Waals surface area contributed by atoms with Gasteiger partial charge in [0.05, 0.1) is 19.1 Å². The van der Waals surface area contributed by atoms with Crippen molar-refractivity contribution in [2.24, 2.45) is 0 Å². The predicted octanol–water partition coefficient (Wildman–Crippen LogP) is 1.68. The topological polar surface area (TPSA) is 94.7 Å². The van der Waals surface area contributed by atoms with E-state index in [1.807, 2.05) is 0 Å². The molecule has 1 N–H and O–H groups in total. The number of esters is 2. The molecule has 0 saturated heterocycles. The Morgan fingerprint density at radius 1 is 1.32 bits per heavy atom. The van der Waals surface area contributed by atoms with Crippen LogP contribution in [0.15, 0.2) is 35.1 Å². The highest BCUT2D eigenvalue weighted by molar-refractivity contribution is 5.77. The average molecular weight is 343 g/mol. The maximum atomic E-state index is 12.4. The number of hydrogen-bond donors (Lipinski definition) is 1. The van der Waals surface area contributed by atoms with E-state index in [2.05, 4.69) is 9.72 Å². The fourth-order valence-corrected chi connectivity index (χ4v) is 2.82. The smallest absolute Gasteiger partial charge is 0.343 e.